The SMILES string of the molecule is C[C](C)=[Zr]([C]1=CC([Si](C)(C)C)=CC1C)[c]1cc(C(C)(C)C)cc2c1Cc1ccc(C(C)(C)C)cc1-2. The number of allylic oxidation sites excluding steroid dienone is 4. The molecule has 35 heavy (non-hydrogen) atoms. The molecule has 0 aromatic heterocycles. The summed E-state index contributed by atoms with van der Waals surface area (Å²) in [5, 5.41) is 1.67. The molecule has 2 heteroatoms. The molecule has 0 bridgehead atoms. The van der Waals surface area contributed by atoms with Gasteiger partial charge < -0.3 is 0 Å². The van der Waals surface area contributed by atoms with Crippen molar-refractivity contribution in [2.45, 2.75) is 99.2 Å². The van der Waals surface area contributed by atoms with Crippen LogP contribution in [0.5, 0.6) is 0 Å². The van der Waals surface area contributed by atoms with Crippen LogP contribution in [0, 0.1) is 5.92 Å². The Kier molecular flexibility index (Phi) is 6.94. The van der Waals surface area contributed by atoms with Crippen LogP contribution in [0.1, 0.15) is 84.6 Å². The summed E-state index contributed by atoms with van der Waals surface area (Å²) >= 11 is -2.22. The van der Waals surface area contributed by atoms with Crippen molar-refractivity contribution in [3.05, 3.63) is 73.2 Å². The third-order valence-corrected chi connectivity index (χ3v) is 17.7. The normalized spacial score (nSPS) is 17.7. The van der Waals surface area contributed by atoms with Crippen molar-refractivity contribution in [1.82, 2.24) is 0 Å². The van der Waals surface area contributed by atoms with Crippen molar-refractivity contribution in [1.29, 1.82) is 0 Å². The van der Waals surface area contributed by atoms with Gasteiger partial charge in [0.15, 0.2) is 0 Å². The first-order valence-corrected chi connectivity index (χ1v) is 20.6. The summed E-state index contributed by atoms with van der Waals surface area (Å²) in [7, 11) is -1.32. The third-order valence-electron chi connectivity index (χ3n) is 7.90. The van der Waals surface area contributed by atoms with Gasteiger partial charge in [0.1, 0.15) is 0 Å². The van der Waals surface area contributed by atoms with E-state index in [4.69, 9.17) is 0 Å². The van der Waals surface area contributed by atoms with Gasteiger partial charge in [-0.25, -0.2) is 0 Å². The van der Waals surface area contributed by atoms with E-state index in [1.807, 2.05) is 0 Å². The molecule has 0 amide bonds. The van der Waals surface area contributed by atoms with Gasteiger partial charge in [-0.15, -0.1) is 0 Å². The maximum absolute atomic E-state index is 2.68. The van der Waals surface area contributed by atoms with E-state index in [1.54, 1.807) is 20.5 Å². The summed E-state index contributed by atoms with van der Waals surface area (Å²) in [6.45, 7) is 29.0. The molecule has 1 unspecified atom stereocenters. The van der Waals surface area contributed by atoms with E-state index in [2.05, 4.69) is 124 Å². The van der Waals surface area contributed by atoms with Crippen molar-refractivity contribution in [2.75, 3.05) is 0 Å². The molecular weight excluding hydrogens is 516 g/mol. The number of hydrogen-bond acceptors (Lipinski definition) is 0. The number of benzene rings is 2. The molecule has 0 aliphatic heterocycles. The first-order chi connectivity index (χ1) is 16.0. The summed E-state index contributed by atoms with van der Waals surface area (Å²) in [6.07, 6.45) is 6.39. The molecule has 4 rings (SSSR count). The van der Waals surface area contributed by atoms with Gasteiger partial charge in [-0.1, -0.05) is 0 Å². The van der Waals surface area contributed by atoms with Crippen LogP contribution in [0.15, 0.2) is 51.0 Å². The Morgan fingerprint density at radius 1 is 0.857 bits per heavy atom. The maximum atomic E-state index is 2.68. The fraction of sp³-hybridized carbons (Fsp3) is 0.485. The second-order valence-corrected chi connectivity index (χ2v) is 26.4. The van der Waals surface area contributed by atoms with Gasteiger partial charge in [0.25, 0.3) is 0 Å². The van der Waals surface area contributed by atoms with Crippen LogP contribution in [-0.4, -0.2) is 11.3 Å². The molecule has 0 saturated heterocycles. The van der Waals surface area contributed by atoms with Gasteiger partial charge in [0.05, 0.1) is 0 Å². The van der Waals surface area contributed by atoms with E-state index in [-0.39, 0.29) is 10.8 Å². The zero-order valence-electron chi connectivity index (χ0n) is 24.3. The monoisotopic (exact) mass is 560 g/mol. The van der Waals surface area contributed by atoms with Crippen molar-refractivity contribution in [3.8, 4) is 11.1 Å². The van der Waals surface area contributed by atoms with Crippen LogP contribution in [0.4, 0.5) is 0 Å². The van der Waals surface area contributed by atoms with Gasteiger partial charge in [0, 0.05) is 0 Å². The summed E-state index contributed by atoms with van der Waals surface area (Å²) in [6, 6.07) is 12.5. The van der Waals surface area contributed by atoms with Crippen LogP contribution in [-0.2, 0) is 38.5 Å². The summed E-state index contributed by atoms with van der Waals surface area (Å²) in [4.78, 5) is 0. The first-order valence-electron chi connectivity index (χ1n) is 13.4. The van der Waals surface area contributed by atoms with E-state index in [1.165, 1.54) is 27.8 Å². The van der Waals surface area contributed by atoms with Crippen LogP contribution >= 0.6 is 0 Å². The predicted octanol–water partition coefficient (Wildman–Crippen LogP) is 8.65. The molecule has 0 fully saturated rings. The Morgan fingerprint density at radius 3 is 1.97 bits per heavy atom. The van der Waals surface area contributed by atoms with Gasteiger partial charge >= 0.3 is 225 Å². The van der Waals surface area contributed by atoms with Crippen molar-refractivity contribution in [3.63, 3.8) is 0 Å². The predicted molar refractivity (Wildman–Crippen MR) is 157 cm³/mol. The van der Waals surface area contributed by atoms with Crippen molar-refractivity contribution < 1.29 is 21.3 Å². The van der Waals surface area contributed by atoms with Gasteiger partial charge in [-0.3, -0.25) is 0 Å². The Morgan fingerprint density at radius 2 is 1.46 bits per heavy atom. The second-order valence-electron chi connectivity index (χ2n) is 14.2. The molecule has 186 valence electrons. The first kappa shape index (κ1) is 26.9. The zero-order valence-corrected chi connectivity index (χ0v) is 27.8. The van der Waals surface area contributed by atoms with E-state index in [0.717, 1.165) is 6.42 Å². The summed E-state index contributed by atoms with van der Waals surface area (Å²) < 4.78 is 5.24. The topological polar surface area (TPSA) is 0 Å². The molecule has 2 aromatic rings. The molecule has 2 aromatic carbocycles. The van der Waals surface area contributed by atoms with Gasteiger partial charge in [0.2, 0.25) is 0 Å². The summed E-state index contributed by atoms with van der Waals surface area (Å²) in [5.41, 5.74) is 9.43. The molecule has 0 radical (unpaired) electrons. The van der Waals surface area contributed by atoms with Crippen LogP contribution in [0.3, 0.4) is 0 Å². The fourth-order valence-corrected chi connectivity index (χ4v) is 14.9. The Hall–Kier alpha value is -1.11. The summed E-state index contributed by atoms with van der Waals surface area (Å²) in [5.74, 6) is 0.589. The van der Waals surface area contributed by atoms with Crippen LogP contribution in [0.2, 0.25) is 19.6 Å². The van der Waals surface area contributed by atoms with Gasteiger partial charge in [-0.05, 0) is 0 Å². The fourth-order valence-electron chi connectivity index (χ4n) is 5.58. The number of hydrogen-bond donors (Lipinski definition) is 0. The van der Waals surface area contributed by atoms with Crippen molar-refractivity contribution in [2.24, 2.45) is 5.92 Å². The molecular formula is C33H46SiZr. The number of rotatable bonds is 3. The Bertz CT molecular complexity index is 1280. The van der Waals surface area contributed by atoms with Crippen LogP contribution in [0.25, 0.3) is 11.1 Å². The average molecular weight is 562 g/mol. The molecule has 1 atom stereocenters. The molecule has 0 nitrogen and oxygen atoms in total. The zero-order chi connectivity index (χ0) is 26.1. The molecule has 0 saturated carbocycles. The van der Waals surface area contributed by atoms with E-state index < -0.39 is 29.3 Å². The number of fused-ring (bicyclic) bond motifs is 3. The Labute approximate surface area is 224 Å². The van der Waals surface area contributed by atoms with E-state index in [9.17, 15) is 0 Å². The molecule has 2 aliphatic rings. The molecule has 0 N–H and O–H groups in total. The standard InChI is InChI=1S/C21H25.C9H15Si.C3H6.Zr/c1-20(2,3)16-9-7-14-11-15-8-10-17(21(4,5)6)13-19(15)18(14)12-16;1-8-5-6-9(7-8)10(2,3)4;1-3-2;/h7,9-10,12-13H,11H2,1-6H3;6-8H,1-4H3;1-2H3;. The van der Waals surface area contributed by atoms with Crippen molar-refractivity contribution >= 4 is 14.6 Å². The third kappa shape index (κ3) is 5.17. The van der Waals surface area contributed by atoms with E-state index in [0.29, 0.717) is 5.92 Å². The minimum atomic E-state index is -2.22. The minimum absolute atomic E-state index is 0.140. The van der Waals surface area contributed by atoms with Crippen LogP contribution < -0.4 is 3.27 Å². The molecule has 2 aliphatic carbocycles. The Balaban J connectivity index is 1.98. The van der Waals surface area contributed by atoms with Gasteiger partial charge in [-0.2, -0.15) is 0 Å². The quantitative estimate of drug-likeness (QED) is 0.281. The molecule has 0 spiro atoms. The molecule has 0 heterocycles. The van der Waals surface area contributed by atoms with E-state index >= 15 is 0 Å². The second kappa shape index (κ2) is 9.02. The average Bonchev–Trinajstić information content (AvgIpc) is 3.27.